The molecule has 1 heterocycles. The van der Waals surface area contributed by atoms with Crippen molar-refractivity contribution in [1.29, 1.82) is 0 Å². The van der Waals surface area contributed by atoms with E-state index in [1.807, 2.05) is 67.8 Å². The monoisotopic (exact) mass is 549 g/mol. The number of hydrogen-bond donors (Lipinski definition) is 2. The number of benzene rings is 2. The van der Waals surface area contributed by atoms with Crippen LogP contribution in [-0.4, -0.2) is 32.3 Å². The maximum absolute atomic E-state index is 12.6. The predicted molar refractivity (Wildman–Crippen MR) is 131 cm³/mol. The number of aryl methyl sites for hydroxylation is 1. The quantitative estimate of drug-likeness (QED) is 0.321. The molecule has 1 aromatic heterocycles. The molecule has 0 aliphatic rings. The predicted octanol–water partition coefficient (Wildman–Crippen LogP) is 4.43. The maximum Gasteiger partial charge on any atom is 0.251 e. The molecule has 2 N–H and O–H groups in total. The van der Waals surface area contributed by atoms with Gasteiger partial charge in [-0.2, -0.15) is 0 Å². The van der Waals surface area contributed by atoms with Crippen LogP contribution in [0.5, 0.6) is 0 Å². The first-order valence-electron chi connectivity index (χ1n) is 9.86. The van der Waals surface area contributed by atoms with Crippen LogP contribution in [0.4, 0.5) is 5.69 Å². The number of nitrogens with zero attached hydrogens (tertiary/aromatic N) is 3. The third kappa shape index (κ3) is 6.30. The molecular weight excluding hydrogens is 525 g/mol. The second-order valence-electron chi connectivity index (χ2n) is 6.99. The smallest absolute Gasteiger partial charge is 0.251 e. The van der Waals surface area contributed by atoms with E-state index in [0.717, 1.165) is 14.8 Å². The molecule has 9 heteroatoms. The Bertz CT molecular complexity index is 1070. The van der Waals surface area contributed by atoms with Gasteiger partial charge in [-0.05, 0) is 79.8 Å². The summed E-state index contributed by atoms with van der Waals surface area (Å²) < 4.78 is 3.03. The van der Waals surface area contributed by atoms with Crippen molar-refractivity contribution in [3.63, 3.8) is 0 Å². The van der Waals surface area contributed by atoms with E-state index >= 15 is 0 Å². The van der Waals surface area contributed by atoms with Gasteiger partial charge in [0.1, 0.15) is 0 Å². The molecule has 2 aromatic carbocycles. The van der Waals surface area contributed by atoms with Crippen molar-refractivity contribution >= 4 is 51.9 Å². The lowest BCUT2D eigenvalue weighted by Crippen LogP contribution is -2.28. The van der Waals surface area contributed by atoms with E-state index in [0.29, 0.717) is 23.1 Å². The minimum atomic E-state index is -0.324. The highest BCUT2D eigenvalue weighted by Crippen LogP contribution is 2.21. The molecular formula is C22H24IN5O2S. The summed E-state index contributed by atoms with van der Waals surface area (Å²) in [5.41, 5.74) is 2.40. The van der Waals surface area contributed by atoms with Gasteiger partial charge >= 0.3 is 0 Å². The average molecular weight is 549 g/mol. The van der Waals surface area contributed by atoms with Crippen LogP contribution in [0.3, 0.4) is 0 Å². The van der Waals surface area contributed by atoms with Crippen LogP contribution >= 0.6 is 34.4 Å². The van der Waals surface area contributed by atoms with Crippen molar-refractivity contribution in [2.45, 2.75) is 38.5 Å². The van der Waals surface area contributed by atoms with E-state index in [1.165, 1.54) is 11.8 Å². The molecule has 0 unspecified atom stereocenters. The van der Waals surface area contributed by atoms with Crippen molar-refractivity contribution in [3.05, 3.63) is 69.1 Å². The zero-order valence-corrected chi connectivity index (χ0v) is 20.5. The van der Waals surface area contributed by atoms with Gasteiger partial charge < -0.3 is 15.2 Å². The maximum atomic E-state index is 12.6. The topological polar surface area (TPSA) is 88.9 Å². The van der Waals surface area contributed by atoms with Crippen LogP contribution in [0, 0.1) is 10.5 Å². The van der Waals surface area contributed by atoms with E-state index in [9.17, 15) is 9.59 Å². The Kier molecular flexibility index (Phi) is 8.08. The van der Waals surface area contributed by atoms with E-state index < -0.39 is 0 Å². The van der Waals surface area contributed by atoms with Crippen LogP contribution in [0.15, 0.2) is 53.7 Å². The number of carbonyl (C=O) groups is 2. The summed E-state index contributed by atoms with van der Waals surface area (Å²) in [6.07, 6.45) is 0. The summed E-state index contributed by atoms with van der Waals surface area (Å²) in [6, 6.07) is 14.7. The molecule has 162 valence electrons. The van der Waals surface area contributed by atoms with Crippen molar-refractivity contribution in [2.75, 3.05) is 11.1 Å². The van der Waals surface area contributed by atoms with Crippen LogP contribution < -0.4 is 10.6 Å². The molecule has 0 saturated heterocycles. The molecule has 1 atom stereocenters. The molecule has 0 fully saturated rings. The lowest BCUT2D eigenvalue weighted by molar-refractivity contribution is -0.113. The largest absolute Gasteiger partial charge is 0.342 e. The van der Waals surface area contributed by atoms with E-state index in [1.54, 1.807) is 6.07 Å². The zero-order valence-electron chi connectivity index (χ0n) is 17.6. The second kappa shape index (κ2) is 10.8. The first-order valence-corrected chi connectivity index (χ1v) is 11.9. The molecule has 0 saturated carbocycles. The lowest BCUT2D eigenvalue weighted by Gasteiger charge is -2.15. The lowest BCUT2D eigenvalue weighted by atomic mass is 10.1. The minimum Gasteiger partial charge on any atom is -0.342 e. The number of thioether (sulfide) groups is 1. The van der Waals surface area contributed by atoms with Crippen molar-refractivity contribution < 1.29 is 9.59 Å². The normalized spacial score (nSPS) is 11.7. The number of amides is 2. The molecule has 31 heavy (non-hydrogen) atoms. The van der Waals surface area contributed by atoms with Gasteiger partial charge in [0.15, 0.2) is 11.0 Å². The summed E-state index contributed by atoms with van der Waals surface area (Å²) in [5, 5.41) is 15.0. The number of anilines is 1. The average Bonchev–Trinajstić information content (AvgIpc) is 3.17. The number of aromatic nitrogens is 3. The molecule has 0 spiro atoms. The van der Waals surface area contributed by atoms with Gasteiger partial charge in [-0.3, -0.25) is 9.59 Å². The molecule has 0 aliphatic heterocycles. The molecule has 0 radical (unpaired) electrons. The van der Waals surface area contributed by atoms with Gasteiger partial charge in [0.25, 0.3) is 5.91 Å². The Labute approximate surface area is 199 Å². The molecule has 3 aromatic rings. The molecule has 7 nitrogen and oxygen atoms in total. The van der Waals surface area contributed by atoms with Crippen molar-refractivity contribution in [2.24, 2.45) is 0 Å². The molecule has 2 amide bonds. The van der Waals surface area contributed by atoms with Crippen molar-refractivity contribution in [3.8, 4) is 0 Å². The Morgan fingerprint density at radius 1 is 1.16 bits per heavy atom. The summed E-state index contributed by atoms with van der Waals surface area (Å²) in [6.45, 7) is 6.44. The molecule has 3 rings (SSSR count). The number of hydrogen-bond acceptors (Lipinski definition) is 5. The Morgan fingerprint density at radius 2 is 1.90 bits per heavy atom. The van der Waals surface area contributed by atoms with Crippen LogP contribution in [0.1, 0.15) is 41.6 Å². The number of carbonyl (C=O) groups excluding carboxylic acids is 2. The summed E-state index contributed by atoms with van der Waals surface area (Å²) in [7, 11) is 0. The second-order valence-corrected chi connectivity index (χ2v) is 9.18. The van der Waals surface area contributed by atoms with Gasteiger partial charge in [0.2, 0.25) is 5.91 Å². The fourth-order valence-electron chi connectivity index (χ4n) is 3.02. The van der Waals surface area contributed by atoms with Crippen LogP contribution in [0.25, 0.3) is 0 Å². The Morgan fingerprint density at radius 3 is 2.58 bits per heavy atom. The van der Waals surface area contributed by atoms with Gasteiger partial charge in [-0.15, -0.1) is 10.2 Å². The van der Waals surface area contributed by atoms with Gasteiger partial charge in [-0.25, -0.2) is 0 Å². The summed E-state index contributed by atoms with van der Waals surface area (Å²) >= 11 is 3.54. The number of rotatable bonds is 8. The highest BCUT2D eigenvalue weighted by molar-refractivity contribution is 14.1. The minimum absolute atomic E-state index is 0.112. The summed E-state index contributed by atoms with van der Waals surface area (Å²) in [4.78, 5) is 24.9. The van der Waals surface area contributed by atoms with Gasteiger partial charge in [0.05, 0.1) is 11.8 Å². The fraction of sp³-hybridized carbons (Fsp3) is 0.273. The summed E-state index contributed by atoms with van der Waals surface area (Å²) in [5.74, 6) is 0.602. The van der Waals surface area contributed by atoms with Crippen molar-refractivity contribution in [1.82, 2.24) is 20.1 Å². The van der Waals surface area contributed by atoms with E-state index in [-0.39, 0.29) is 23.6 Å². The fourth-order valence-corrected chi connectivity index (χ4v) is 4.18. The highest BCUT2D eigenvalue weighted by atomic mass is 127. The zero-order chi connectivity index (χ0) is 22.4. The number of halogens is 1. The molecule has 0 aliphatic carbocycles. The third-order valence-electron chi connectivity index (χ3n) is 4.54. The first-order chi connectivity index (χ1) is 14.9. The molecule has 0 bridgehead atoms. The van der Waals surface area contributed by atoms with E-state index in [2.05, 4.69) is 43.4 Å². The number of nitrogens with one attached hydrogen (secondary N) is 2. The SMILES string of the molecule is CCn1c(SCC(=O)Nc2ccc(I)cc2)nnc1[C@H](C)NC(=O)c1cccc(C)c1. The highest BCUT2D eigenvalue weighted by Gasteiger charge is 2.20. The first kappa shape index (κ1) is 23.3. The third-order valence-corrected chi connectivity index (χ3v) is 6.22. The van der Waals surface area contributed by atoms with E-state index in [4.69, 9.17) is 0 Å². The Balaban J connectivity index is 1.62. The van der Waals surface area contributed by atoms with Crippen LogP contribution in [0.2, 0.25) is 0 Å². The standard InChI is InChI=1S/C22H24IN5O2S/c1-4-28-20(15(3)24-21(30)16-7-5-6-14(2)12-16)26-27-22(28)31-13-19(29)25-18-10-8-17(23)9-11-18/h5-12,15H,4,13H2,1-3H3,(H,24,30)(H,25,29)/t15-/m0/s1. The Hall–Kier alpha value is -2.40. The van der Waals surface area contributed by atoms with Gasteiger partial charge in [-0.1, -0.05) is 29.5 Å². The van der Waals surface area contributed by atoms with Crippen LogP contribution in [-0.2, 0) is 11.3 Å². The van der Waals surface area contributed by atoms with Gasteiger partial charge in [0, 0.05) is 21.4 Å².